The number of aromatic nitrogens is 2. The van der Waals surface area contributed by atoms with Gasteiger partial charge in [-0.2, -0.15) is 5.10 Å². The molecule has 1 aromatic carbocycles. The van der Waals surface area contributed by atoms with Crippen molar-refractivity contribution in [3.63, 3.8) is 0 Å². The van der Waals surface area contributed by atoms with E-state index in [1.54, 1.807) is 11.7 Å². The van der Waals surface area contributed by atoms with Crippen molar-refractivity contribution in [2.75, 3.05) is 0 Å². The molecule has 1 heterocycles. The fourth-order valence-corrected chi connectivity index (χ4v) is 2.13. The minimum Gasteiger partial charge on any atom is -0.478 e. The first-order valence-corrected chi connectivity index (χ1v) is 5.76. The van der Waals surface area contributed by atoms with Gasteiger partial charge < -0.3 is 5.11 Å². The molecule has 0 aliphatic carbocycles. The zero-order valence-electron chi connectivity index (χ0n) is 11.0. The minimum atomic E-state index is -0.948. The van der Waals surface area contributed by atoms with Gasteiger partial charge >= 0.3 is 5.97 Å². The zero-order chi connectivity index (χ0) is 13.4. The molecule has 4 nitrogen and oxygen atoms in total. The van der Waals surface area contributed by atoms with Crippen LogP contribution in [0.5, 0.6) is 0 Å². The molecular formula is C14H16N2O2. The van der Waals surface area contributed by atoms with Crippen LogP contribution in [0, 0.1) is 20.8 Å². The molecule has 0 spiro atoms. The number of rotatable bonds is 2. The summed E-state index contributed by atoms with van der Waals surface area (Å²) in [6.07, 6.45) is 1.40. The molecule has 0 saturated heterocycles. The van der Waals surface area contributed by atoms with Crippen LogP contribution in [-0.2, 0) is 7.05 Å². The summed E-state index contributed by atoms with van der Waals surface area (Å²) in [6.45, 7) is 6.11. The van der Waals surface area contributed by atoms with Crippen molar-refractivity contribution in [2.24, 2.45) is 7.05 Å². The number of hydrogen-bond donors (Lipinski definition) is 1. The normalized spacial score (nSPS) is 10.7. The van der Waals surface area contributed by atoms with E-state index in [1.807, 2.05) is 32.9 Å². The highest BCUT2D eigenvalue weighted by molar-refractivity contribution is 5.95. The van der Waals surface area contributed by atoms with E-state index in [1.165, 1.54) is 17.3 Å². The standard InChI is InChI=1S/C14H16N2O2/c1-8-5-6-11(10(3)9(8)2)13-12(14(17)18)7-15-16(13)4/h5-7H,1-4H3,(H,17,18). The van der Waals surface area contributed by atoms with Crippen molar-refractivity contribution in [1.82, 2.24) is 9.78 Å². The lowest BCUT2D eigenvalue weighted by Crippen LogP contribution is -2.03. The van der Waals surface area contributed by atoms with Crippen molar-refractivity contribution in [3.8, 4) is 11.3 Å². The summed E-state index contributed by atoms with van der Waals surface area (Å²) < 4.78 is 1.61. The Balaban J connectivity index is 2.73. The summed E-state index contributed by atoms with van der Waals surface area (Å²) in [4.78, 5) is 11.2. The van der Waals surface area contributed by atoms with Crippen molar-refractivity contribution in [3.05, 3.63) is 40.6 Å². The average molecular weight is 244 g/mol. The zero-order valence-corrected chi connectivity index (χ0v) is 11.0. The summed E-state index contributed by atoms with van der Waals surface area (Å²) in [5.74, 6) is -0.948. The Hall–Kier alpha value is -2.10. The Labute approximate surface area is 106 Å². The van der Waals surface area contributed by atoms with E-state index >= 15 is 0 Å². The van der Waals surface area contributed by atoms with Crippen LogP contribution in [0.4, 0.5) is 0 Å². The van der Waals surface area contributed by atoms with Crippen LogP contribution in [0.15, 0.2) is 18.3 Å². The Kier molecular flexibility index (Phi) is 2.95. The van der Waals surface area contributed by atoms with Crippen LogP contribution in [0.1, 0.15) is 27.0 Å². The Bertz CT molecular complexity index is 627. The molecule has 0 saturated carbocycles. The highest BCUT2D eigenvalue weighted by atomic mass is 16.4. The van der Waals surface area contributed by atoms with E-state index in [9.17, 15) is 9.90 Å². The average Bonchev–Trinajstić information content (AvgIpc) is 2.69. The molecule has 0 amide bonds. The van der Waals surface area contributed by atoms with Gasteiger partial charge in [0.05, 0.1) is 11.9 Å². The molecule has 18 heavy (non-hydrogen) atoms. The van der Waals surface area contributed by atoms with Gasteiger partial charge in [0.1, 0.15) is 5.56 Å². The number of carboxylic acid groups (broad SMARTS) is 1. The highest BCUT2D eigenvalue weighted by Crippen LogP contribution is 2.29. The van der Waals surface area contributed by atoms with Gasteiger partial charge in [0.15, 0.2) is 0 Å². The molecule has 2 aromatic rings. The van der Waals surface area contributed by atoms with Crippen LogP contribution >= 0.6 is 0 Å². The maximum atomic E-state index is 11.2. The quantitative estimate of drug-likeness (QED) is 0.883. The summed E-state index contributed by atoms with van der Waals surface area (Å²) >= 11 is 0. The van der Waals surface area contributed by atoms with E-state index in [2.05, 4.69) is 5.10 Å². The summed E-state index contributed by atoms with van der Waals surface area (Å²) in [6, 6.07) is 3.97. The second-order valence-corrected chi connectivity index (χ2v) is 4.52. The minimum absolute atomic E-state index is 0.240. The molecule has 4 heteroatoms. The third-order valence-corrected chi connectivity index (χ3v) is 3.48. The molecule has 1 aromatic heterocycles. The molecule has 0 aliphatic rings. The number of aryl methyl sites for hydroxylation is 2. The lowest BCUT2D eigenvalue weighted by Gasteiger charge is -2.12. The van der Waals surface area contributed by atoms with Crippen molar-refractivity contribution in [2.45, 2.75) is 20.8 Å². The molecule has 2 rings (SSSR count). The first-order chi connectivity index (χ1) is 8.43. The van der Waals surface area contributed by atoms with Gasteiger partial charge in [0.25, 0.3) is 0 Å². The van der Waals surface area contributed by atoms with Gasteiger partial charge in [-0.25, -0.2) is 4.79 Å². The third kappa shape index (κ3) is 1.79. The molecule has 0 bridgehead atoms. The topological polar surface area (TPSA) is 55.1 Å². The monoisotopic (exact) mass is 244 g/mol. The predicted molar refractivity (Wildman–Crippen MR) is 69.8 cm³/mol. The van der Waals surface area contributed by atoms with Gasteiger partial charge in [0, 0.05) is 12.6 Å². The number of carbonyl (C=O) groups is 1. The van der Waals surface area contributed by atoms with Crippen molar-refractivity contribution < 1.29 is 9.90 Å². The highest BCUT2D eigenvalue weighted by Gasteiger charge is 2.18. The largest absolute Gasteiger partial charge is 0.478 e. The Morgan fingerprint density at radius 3 is 2.50 bits per heavy atom. The molecule has 0 unspecified atom stereocenters. The first kappa shape index (κ1) is 12.4. The molecule has 94 valence electrons. The van der Waals surface area contributed by atoms with E-state index in [0.29, 0.717) is 5.69 Å². The summed E-state index contributed by atoms with van der Waals surface area (Å²) in [7, 11) is 1.76. The second kappa shape index (κ2) is 4.29. The van der Waals surface area contributed by atoms with Crippen molar-refractivity contribution >= 4 is 5.97 Å². The third-order valence-electron chi connectivity index (χ3n) is 3.48. The molecule has 0 fully saturated rings. The number of nitrogens with zero attached hydrogens (tertiary/aromatic N) is 2. The second-order valence-electron chi connectivity index (χ2n) is 4.52. The number of carboxylic acids is 1. The summed E-state index contributed by atoms with van der Waals surface area (Å²) in [5, 5.41) is 13.2. The first-order valence-electron chi connectivity index (χ1n) is 5.76. The predicted octanol–water partition coefficient (Wildman–Crippen LogP) is 2.71. The van der Waals surface area contributed by atoms with Crippen molar-refractivity contribution in [1.29, 1.82) is 0 Å². The molecule has 1 N–H and O–H groups in total. The van der Waals surface area contributed by atoms with E-state index < -0.39 is 5.97 Å². The Morgan fingerprint density at radius 1 is 1.22 bits per heavy atom. The maximum Gasteiger partial charge on any atom is 0.339 e. The smallest absolute Gasteiger partial charge is 0.339 e. The van der Waals surface area contributed by atoms with Gasteiger partial charge in [-0.05, 0) is 37.5 Å². The number of hydrogen-bond acceptors (Lipinski definition) is 2. The van der Waals surface area contributed by atoms with Gasteiger partial charge in [0.2, 0.25) is 0 Å². The Morgan fingerprint density at radius 2 is 1.89 bits per heavy atom. The van der Waals surface area contributed by atoms with Crippen LogP contribution in [0.25, 0.3) is 11.3 Å². The van der Waals surface area contributed by atoms with E-state index in [0.717, 1.165) is 11.1 Å². The van der Waals surface area contributed by atoms with E-state index in [4.69, 9.17) is 0 Å². The number of aromatic carboxylic acids is 1. The lowest BCUT2D eigenvalue weighted by molar-refractivity contribution is 0.0697. The van der Waals surface area contributed by atoms with Gasteiger partial charge in [-0.3, -0.25) is 4.68 Å². The fraction of sp³-hybridized carbons (Fsp3) is 0.286. The lowest BCUT2D eigenvalue weighted by atomic mass is 9.95. The van der Waals surface area contributed by atoms with Crippen LogP contribution < -0.4 is 0 Å². The fourth-order valence-electron chi connectivity index (χ4n) is 2.13. The molecule has 0 atom stereocenters. The van der Waals surface area contributed by atoms with Crippen LogP contribution in [0.2, 0.25) is 0 Å². The number of benzene rings is 1. The molecule has 0 aliphatic heterocycles. The molecule has 0 radical (unpaired) electrons. The van der Waals surface area contributed by atoms with Gasteiger partial charge in [-0.1, -0.05) is 12.1 Å². The molecular weight excluding hydrogens is 228 g/mol. The summed E-state index contributed by atoms with van der Waals surface area (Å²) in [5.41, 5.74) is 5.31. The van der Waals surface area contributed by atoms with Crippen LogP contribution in [0.3, 0.4) is 0 Å². The SMILES string of the molecule is Cc1ccc(-c2c(C(=O)O)cnn2C)c(C)c1C. The van der Waals surface area contributed by atoms with E-state index in [-0.39, 0.29) is 5.56 Å². The maximum absolute atomic E-state index is 11.2. The van der Waals surface area contributed by atoms with Crippen LogP contribution in [-0.4, -0.2) is 20.9 Å². The van der Waals surface area contributed by atoms with Gasteiger partial charge in [-0.15, -0.1) is 0 Å².